The van der Waals surface area contributed by atoms with E-state index in [1.165, 1.54) is 0 Å². The Labute approximate surface area is 91.1 Å². The second-order valence-electron chi connectivity index (χ2n) is 3.14. The van der Waals surface area contributed by atoms with E-state index in [0.717, 1.165) is 0 Å². The highest BCUT2D eigenvalue weighted by atomic mass is 16.5. The van der Waals surface area contributed by atoms with E-state index in [-0.39, 0.29) is 6.61 Å². The molecule has 0 aliphatic carbocycles. The van der Waals surface area contributed by atoms with Crippen LogP contribution in [0.15, 0.2) is 10.7 Å². The van der Waals surface area contributed by atoms with Gasteiger partial charge < -0.3 is 15.4 Å². The van der Waals surface area contributed by atoms with Crippen molar-refractivity contribution < 1.29 is 9.63 Å². The SMILES string of the molecule is NCCn1cc(-c2nc(CCO)no2)nn1. The average molecular weight is 224 g/mol. The predicted molar refractivity (Wildman–Crippen MR) is 53.2 cm³/mol. The predicted octanol–water partition coefficient (Wildman–Crippen LogP) is -1.18. The maximum absolute atomic E-state index is 8.71. The van der Waals surface area contributed by atoms with Gasteiger partial charge in [-0.3, -0.25) is 4.68 Å². The topological polar surface area (TPSA) is 116 Å². The van der Waals surface area contributed by atoms with Gasteiger partial charge in [0.2, 0.25) is 0 Å². The fourth-order valence-electron chi connectivity index (χ4n) is 1.20. The second kappa shape index (κ2) is 4.81. The Morgan fingerprint density at radius 1 is 1.50 bits per heavy atom. The van der Waals surface area contributed by atoms with E-state index in [1.807, 2.05) is 0 Å². The molecule has 16 heavy (non-hydrogen) atoms. The summed E-state index contributed by atoms with van der Waals surface area (Å²) in [5.41, 5.74) is 5.89. The quantitative estimate of drug-likeness (QED) is 0.656. The van der Waals surface area contributed by atoms with Crippen LogP contribution in [0.4, 0.5) is 0 Å². The normalized spacial score (nSPS) is 10.9. The molecule has 2 aromatic heterocycles. The molecule has 0 unspecified atom stereocenters. The zero-order chi connectivity index (χ0) is 11.4. The van der Waals surface area contributed by atoms with Crippen LogP contribution in [-0.4, -0.2) is 43.4 Å². The number of hydrogen-bond acceptors (Lipinski definition) is 7. The van der Waals surface area contributed by atoms with Crippen LogP contribution in [0.3, 0.4) is 0 Å². The zero-order valence-corrected chi connectivity index (χ0v) is 8.57. The van der Waals surface area contributed by atoms with Crippen LogP contribution in [0, 0.1) is 0 Å². The van der Waals surface area contributed by atoms with Crippen LogP contribution in [0.1, 0.15) is 5.82 Å². The minimum absolute atomic E-state index is 0.0150. The van der Waals surface area contributed by atoms with Gasteiger partial charge in [0, 0.05) is 13.0 Å². The van der Waals surface area contributed by atoms with Gasteiger partial charge in [-0.2, -0.15) is 4.98 Å². The molecule has 2 aromatic rings. The summed E-state index contributed by atoms with van der Waals surface area (Å²) in [5, 5.41) is 20.1. The van der Waals surface area contributed by atoms with Crippen LogP contribution in [-0.2, 0) is 13.0 Å². The van der Waals surface area contributed by atoms with Crippen molar-refractivity contribution in [2.24, 2.45) is 5.73 Å². The summed E-state index contributed by atoms with van der Waals surface area (Å²) >= 11 is 0. The van der Waals surface area contributed by atoms with Gasteiger partial charge in [-0.15, -0.1) is 5.10 Å². The van der Waals surface area contributed by atoms with Crippen molar-refractivity contribution in [3.8, 4) is 11.6 Å². The molecular weight excluding hydrogens is 212 g/mol. The molecule has 0 saturated heterocycles. The molecule has 86 valence electrons. The molecule has 8 heteroatoms. The summed E-state index contributed by atoms with van der Waals surface area (Å²) in [6.07, 6.45) is 2.05. The number of nitrogens with zero attached hydrogens (tertiary/aromatic N) is 5. The van der Waals surface area contributed by atoms with E-state index < -0.39 is 0 Å². The Morgan fingerprint density at radius 3 is 3.12 bits per heavy atom. The number of aliphatic hydroxyl groups excluding tert-OH is 1. The van der Waals surface area contributed by atoms with E-state index in [4.69, 9.17) is 15.4 Å². The monoisotopic (exact) mass is 224 g/mol. The lowest BCUT2D eigenvalue weighted by atomic mass is 10.4. The number of aliphatic hydroxyl groups is 1. The molecule has 0 amide bonds. The van der Waals surface area contributed by atoms with Gasteiger partial charge in [0.15, 0.2) is 11.5 Å². The third kappa shape index (κ3) is 2.23. The van der Waals surface area contributed by atoms with Gasteiger partial charge in [-0.05, 0) is 0 Å². The van der Waals surface area contributed by atoms with E-state index in [0.29, 0.717) is 36.9 Å². The molecule has 8 nitrogen and oxygen atoms in total. The first-order valence-electron chi connectivity index (χ1n) is 4.87. The zero-order valence-electron chi connectivity index (χ0n) is 8.57. The Bertz CT molecular complexity index is 409. The number of rotatable bonds is 5. The van der Waals surface area contributed by atoms with Crippen LogP contribution in [0.25, 0.3) is 11.6 Å². The first-order chi connectivity index (χ1) is 7.83. The number of hydrogen-bond donors (Lipinski definition) is 2. The van der Waals surface area contributed by atoms with Gasteiger partial charge in [0.1, 0.15) is 0 Å². The van der Waals surface area contributed by atoms with Gasteiger partial charge in [-0.1, -0.05) is 10.4 Å². The first kappa shape index (κ1) is 10.7. The molecule has 0 atom stereocenters. The van der Waals surface area contributed by atoms with Crippen molar-refractivity contribution in [2.75, 3.05) is 13.2 Å². The van der Waals surface area contributed by atoms with Gasteiger partial charge >= 0.3 is 0 Å². The molecule has 0 aliphatic rings. The van der Waals surface area contributed by atoms with E-state index in [1.54, 1.807) is 10.9 Å². The Balaban J connectivity index is 2.14. The molecule has 0 fully saturated rings. The second-order valence-corrected chi connectivity index (χ2v) is 3.14. The van der Waals surface area contributed by atoms with Crippen molar-refractivity contribution in [3.63, 3.8) is 0 Å². The van der Waals surface area contributed by atoms with Crippen molar-refractivity contribution in [1.82, 2.24) is 25.1 Å². The summed E-state index contributed by atoms with van der Waals surface area (Å²) in [4.78, 5) is 4.06. The number of aromatic nitrogens is 5. The van der Waals surface area contributed by atoms with Gasteiger partial charge in [0.05, 0.1) is 19.3 Å². The van der Waals surface area contributed by atoms with Crippen LogP contribution < -0.4 is 5.73 Å². The third-order valence-electron chi connectivity index (χ3n) is 1.92. The molecule has 0 saturated carbocycles. The van der Waals surface area contributed by atoms with Crippen molar-refractivity contribution >= 4 is 0 Å². The lowest BCUT2D eigenvalue weighted by molar-refractivity contribution is 0.293. The molecule has 2 heterocycles. The lowest BCUT2D eigenvalue weighted by Crippen LogP contribution is -2.10. The van der Waals surface area contributed by atoms with E-state index in [2.05, 4.69) is 20.5 Å². The number of nitrogens with two attached hydrogens (primary N) is 1. The summed E-state index contributed by atoms with van der Waals surface area (Å²) in [7, 11) is 0. The maximum atomic E-state index is 8.71. The van der Waals surface area contributed by atoms with Crippen molar-refractivity contribution in [1.29, 1.82) is 0 Å². The minimum Gasteiger partial charge on any atom is -0.396 e. The fourth-order valence-corrected chi connectivity index (χ4v) is 1.20. The molecule has 0 radical (unpaired) electrons. The summed E-state index contributed by atoms with van der Waals surface area (Å²) in [6, 6.07) is 0. The Morgan fingerprint density at radius 2 is 2.38 bits per heavy atom. The molecule has 0 aliphatic heterocycles. The summed E-state index contributed by atoms with van der Waals surface area (Å²) < 4.78 is 6.58. The largest absolute Gasteiger partial charge is 0.396 e. The summed E-state index contributed by atoms with van der Waals surface area (Å²) in [6.45, 7) is 1.06. The Kier molecular flexibility index (Phi) is 3.22. The van der Waals surface area contributed by atoms with Crippen LogP contribution in [0.2, 0.25) is 0 Å². The first-order valence-corrected chi connectivity index (χ1v) is 4.87. The highest BCUT2D eigenvalue weighted by Crippen LogP contribution is 2.12. The average Bonchev–Trinajstić information content (AvgIpc) is 2.87. The minimum atomic E-state index is -0.0150. The molecular formula is C8H12N6O2. The lowest BCUT2D eigenvalue weighted by Gasteiger charge is -1.91. The van der Waals surface area contributed by atoms with E-state index in [9.17, 15) is 0 Å². The smallest absolute Gasteiger partial charge is 0.280 e. The van der Waals surface area contributed by atoms with Crippen molar-refractivity contribution in [3.05, 3.63) is 12.0 Å². The molecule has 0 bridgehead atoms. The molecule has 0 spiro atoms. The van der Waals surface area contributed by atoms with Gasteiger partial charge in [-0.25, -0.2) is 0 Å². The molecule has 2 rings (SSSR count). The molecule has 3 N–H and O–H groups in total. The van der Waals surface area contributed by atoms with Crippen molar-refractivity contribution in [2.45, 2.75) is 13.0 Å². The van der Waals surface area contributed by atoms with Gasteiger partial charge in [0.25, 0.3) is 5.89 Å². The summed E-state index contributed by atoms with van der Waals surface area (Å²) in [5.74, 6) is 0.748. The highest BCUT2D eigenvalue weighted by Gasteiger charge is 2.11. The maximum Gasteiger partial charge on any atom is 0.280 e. The highest BCUT2D eigenvalue weighted by molar-refractivity contribution is 5.43. The van der Waals surface area contributed by atoms with Crippen LogP contribution in [0.5, 0.6) is 0 Å². The van der Waals surface area contributed by atoms with E-state index >= 15 is 0 Å². The van der Waals surface area contributed by atoms with Crippen LogP contribution >= 0.6 is 0 Å². The molecule has 0 aromatic carbocycles. The Hall–Kier alpha value is -1.80. The third-order valence-corrected chi connectivity index (χ3v) is 1.92. The standard InChI is InChI=1S/C8H12N6O2/c9-2-3-14-5-6(11-13-14)8-10-7(1-4-15)12-16-8/h5,15H,1-4,9H2. The fraction of sp³-hybridized carbons (Fsp3) is 0.500.